The topological polar surface area (TPSA) is 79.5 Å². The molecule has 22 heavy (non-hydrogen) atoms. The lowest BCUT2D eigenvalue weighted by Gasteiger charge is -2.33. The van der Waals surface area contributed by atoms with Gasteiger partial charge in [0.15, 0.2) is 11.4 Å². The molecule has 6 nitrogen and oxygen atoms in total. The maximum atomic E-state index is 11.5. The number of carboxylic acid groups (broad SMARTS) is 1. The van der Waals surface area contributed by atoms with Crippen LogP contribution in [0.1, 0.15) is 19.3 Å². The fourth-order valence-electron chi connectivity index (χ4n) is 3.16. The molecule has 1 aliphatic rings. The lowest BCUT2D eigenvalue weighted by molar-refractivity contribution is -0.139. The Morgan fingerprint density at radius 1 is 1.27 bits per heavy atom. The van der Waals surface area contributed by atoms with Crippen molar-refractivity contribution in [3.63, 3.8) is 0 Å². The second-order valence-electron chi connectivity index (χ2n) is 5.52. The lowest BCUT2D eigenvalue weighted by Crippen LogP contribution is -2.45. The van der Waals surface area contributed by atoms with E-state index in [0.717, 1.165) is 29.3 Å². The van der Waals surface area contributed by atoms with Crippen LogP contribution >= 0.6 is 0 Å². The van der Waals surface area contributed by atoms with Crippen LogP contribution < -0.4 is 4.90 Å². The number of benzene rings is 1. The van der Waals surface area contributed by atoms with Crippen molar-refractivity contribution >= 4 is 33.9 Å². The molecule has 4 rings (SSSR count). The Balaban J connectivity index is 1.92. The minimum Gasteiger partial charge on any atom is -0.480 e. The molecule has 0 bridgehead atoms. The summed E-state index contributed by atoms with van der Waals surface area (Å²) >= 11 is 0. The van der Waals surface area contributed by atoms with Gasteiger partial charge in [-0.05, 0) is 31.4 Å². The summed E-state index contributed by atoms with van der Waals surface area (Å²) in [6.07, 6.45) is 3.98. The van der Waals surface area contributed by atoms with Gasteiger partial charge in [-0.15, -0.1) is 0 Å². The maximum Gasteiger partial charge on any atom is 0.326 e. The minimum atomic E-state index is -0.817. The highest BCUT2D eigenvalue weighted by atomic mass is 16.4. The zero-order valence-corrected chi connectivity index (χ0v) is 11.9. The van der Waals surface area contributed by atoms with Gasteiger partial charge in [-0.1, -0.05) is 12.1 Å². The first-order valence-electron chi connectivity index (χ1n) is 7.37. The van der Waals surface area contributed by atoms with Crippen LogP contribution in [0.5, 0.6) is 0 Å². The predicted molar refractivity (Wildman–Crippen MR) is 81.9 cm³/mol. The van der Waals surface area contributed by atoms with Gasteiger partial charge in [-0.3, -0.25) is 0 Å². The molecule has 1 atom stereocenters. The van der Waals surface area contributed by atoms with Gasteiger partial charge in [0.1, 0.15) is 23.5 Å². The summed E-state index contributed by atoms with van der Waals surface area (Å²) < 4.78 is 5.91. The number of furan rings is 1. The van der Waals surface area contributed by atoms with Gasteiger partial charge in [-0.2, -0.15) is 0 Å². The van der Waals surface area contributed by atoms with Gasteiger partial charge in [-0.25, -0.2) is 14.8 Å². The van der Waals surface area contributed by atoms with Crippen LogP contribution in [0.3, 0.4) is 0 Å². The Morgan fingerprint density at radius 2 is 2.14 bits per heavy atom. The third-order valence-electron chi connectivity index (χ3n) is 4.20. The first kappa shape index (κ1) is 13.1. The van der Waals surface area contributed by atoms with E-state index in [2.05, 4.69) is 9.97 Å². The van der Waals surface area contributed by atoms with E-state index in [0.29, 0.717) is 24.4 Å². The number of piperidine rings is 1. The van der Waals surface area contributed by atoms with Crippen molar-refractivity contribution in [2.24, 2.45) is 0 Å². The minimum absolute atomic E-state index is 0.555. The Morgan fingerprint density at radius 3 is 3.00 bits per heavy atom. The molecule has 1 saturated heterocycles. The van der Waals surface area contributed by atoms with Crippen LogP contribution in [0.2, 0.25) is 0 Å². The van der Waals surface area contributed by atoms with E-state index in [4.69, 9.17) is 4.42 Å². The third-order valence-corrected chi connectivity index (χ3v) is 4.20. The lowest BCUT2D eigenvalue weighted by atomic mass is 10.0. The largest absolute Gasteiger partial charge is 0.480 e. The summed E-state index contributed by atoms with van der Waals surface area (Å²) in [6.45, 7) is 0.667. The molecule has 0 saturated carbocycles. The number of rotatable bonds is 2. The summed E-state index contributed by atoms with van der Waals surface area (Å²) in [5.41, 5.74) is 2.04. The van der Waals surface area contributed by atoms with Crippen molar-refractivity contribution < 1.29 is 14.3 Å². The van der Waals surface area contributed by atoms with Gasteiger partial charge in [0.2, 0.25) is 0 Å². The summed E-state index contributed by atoms with van der Waals surface area (Å²) in [5, 5.41) is 10.4. The van der Waals surface area contributed by atoms with Crippen molar-refractivity contribution in [1.82, 2.24) is 9.97 Å². The molecule has 0 unspecified atom stereocenters. The highest BCUT2D eigenvalue weighted by molar-refractivity contribution is 6.05. The number of nitrogens with zero attached hydrogens (tertiary/aromatic N) is 3. The van der Waals surface area contributed by atoms with Gasteiger partial charge >= 0.3 is 5.97 Å². The van der Waals surface area contributed by atoms with Crippen molar-refractivity contribution in [3.05, 3.63) is 30.6 Å². The SMILES string of the molecule is O=C(O)[C@@H]1CCCCN1c1ncnc2c1oc1ccccc12. The zero-order chi connectivity index (χ0) is 15.1. The molecule has 0 spiro atoms. The Labute approximate surface area is 126 Å². The van der Waals surface area contributed by atoms with Crippen molar-refractivity contribution in [2.75, 3.05) is 11.4 Å². The van der Waals surface area contributed by atoms with E-state index in [1.165, 1.54) is 6.33 Å². The molecule has 6 heteroatoms. The second kappa shape index (κ2) is 4.98. The molecule has 1 fully saturated rings. The molecule has 3 heterocycles. The van der Waals surface area contributed by atoms with E-state index in [-0.39, 0.29) is 0 Å². The normalized spacial score (nSPS) is 18.9. The van der Waals surface area contributed by atoms with Crippen LogP contribution in [0.15, 0.2) is 35.0 Å². The summed E-state index contributed by atoms with van der Waals surface area (Å²) in [6, 6.07) is 7.10. The Kier molecular flexibility index (Phi) is 2.96. The third kappa shape index (κ3) is 1.91. The molecule has 1 aliphatic heterocycles. The highest BCUT2D eigenvalue weighted by Gasteiger charge is 2.31. The number of para-hydroxylation sites is 1. The molecular formula is C16H15N3O3. The van der Waals surface area contributed by atoms with Crippen molar-refractivity contribution in [3.8, 4) is 0 Å². The second-order valence-corrected chi connectivity index (χ2v) is 5.52. The van der Waals surface area contributed by atoms with E-state index >= 15 is 0 Å². The van der Waals surface area contributed by atoms with Gasteiger partial charge < -0.3 is 14.4 Å². The smallest absolute Gasteiger partial charge is 0.326 e. The average Bonchev–Trinajstić information content (AvgIpc) is 2.93. The molecule has 0 radical (unpaired) electrons. The molecule has 0 amide bonds. The summed E-state index contributed by atoms with van der Waals surface area (Å²) in [7, 11) is 0. The summed E-state index contributed by atoms with van der Waals surface area (Å²) in [4.78, 5) is 22.0. The monoisotopic (exact) mass is 297 g/mol. The number of hydrogen-bond acceptors (Lipinski definition) is 5. The summed E-state index contributed by atoms with van der Waals surface area (Å²) in [5.74, 6) is -0.240. The van der Waals surface area contributed by atoms with E-state index < -0.39 is 12.0 Å². The number of hydrogen-bond donors (Lipinski definition) is 1. The zero-order valence-electron chi connectivity index (χ0n) is 11.9. The van der Waals surface area contributed by atoms with Gasteiger partial charge in [0.25, 0.3) is 0 Å². The molecule has 112 valence electrons. The van der Waals surface area contributed by atoms with Crippen molar-refractivity contribution in [1.29, 1.82) is 0 Å². The molecular weight excluding hydrogens is 282 g/mol. The number of aliphatic carboxylic acids is 1. The maximum absolute atomic E-state index is 11.5. The van der Waals surface area contributed by atoms with Crippen LogP contribution in [-0.2, 0) is 4.79 Å². The molecule has 2 aromatic heterocycles. The molecule has 0 aliphatic carbocycles. The fraction of sp³-hybridized carbons (Fsp3) is 0.312. The Hall–Kier alpha value is -2.63. The number of fused-ring (bicyclic) bond motifs is 3. The van der Waals surface area contributed by atoms with Crippen LogP contribution in [-0.4, -0.2) is 33.6 Å². The number of carboxylic acids is 1. The van der Waals surface area contributed by atoms with Crippen LogP contribution in [0.25, 0.3) is 22.1 Å². The number of carbonyl (C=O) groups is 1. The van der Waals surface area contributed by atoms with Crippen molar-refractivity contribution in [2.45, 2.75) is 25.3 Å². The van der Waals surface area contributed by atoms with Crippen LogP contribution in [0, 0.1) is 0 Å². The predicted octanol–water partition coefficient (Wildman–Crippen LogP) is 2.82. The molecule has 1 N–H and O–H groups in total. The van der Waals surface area contributed by atoms with E-state index in [1.54, 1.807) is 0 Å². The average molecular weight is 297 g/mol. The van der Waals surface area contributed by atoms with Gasteiger partial charge in [0, 0.05) is 11.9 Å². The van der Waals surface area contributed by atoms with Gasteiger partial charge in [0.05, 0.1) is 0 Å². The number of anilines is 1. The van der Waals surface area contributed by atoms with Crippen LogP contribution in [0.4, 0.5) is 5.82 Å². The highest BCUT2D eigenvalue weighted by Crippen LogP contribution is 2.34. The number of aromatic nitrogens is 2. The van der Waals surface area contributed by atoms with E-state index in [1.807, 2.05) is 29.2 Å². The molecule has 3 aromatic rings. The standard InChI is InChI=1S/C16H15N3O3/c20-16(21)11-6-3-4-8-19(11)15-14-13(17-9-18-15)10-5-1-2-7-12(10)22-14/h1-2,5,7,9,11H,3-4,6,8H2,(H,20,21)/t11-/m0/s1. The first-order chi connectivity index (χ1) is 10.8. The Bertz CT molecular complexity index is 858. The van der Waals surface area contributed by atoms with E-state index in [9.17, 15) is 9.90 Å². The fourth-order valence-corrected chi connectivity index (χ4v) is 3.16. The first-order valence-corrected chi connectivity index (χ1v) is 7.37. The quantitative estimate of drug-likeness (QED) is 0.783. The molecule has 1 aromatic carbocycles.